The van der Waals surface area contributed by atoms with Crippen LogP contribution in [0, 0.1) is 11.3 Å². The monoisotopic (exact) mass is 170 g/mol. The van der Waals surface area contributed by atoms with Gasteiger partial charge in [0.15, 0.2) is 5.43 Å². The minimum atomic E-state index is -2.76. The maximum absolute atomic E-state index is 12.0. The second-order valence-corrected chi connectivity index (χ2v) is 2.10. The summed E-state index contributed by atoms with van der Waals surface area (Å²) in [5, 5.41) is 8.30. The first-order valence-electron chi connectivity index (χ1n) is 3.06. The lowest BCUT2D eigenvalue weighted by atomic mass is 10.3. The van der Waals surface area contributed by atoms with Gasteiger partial charge in [0.25, 0.3) is 6.43 Å². The van der Waals surface area contributed by atoms with E-state index in [2.05, 4.69) is 4.98 Å². The summed E-state index contributed by atoms with van der Waals surface area (Å²) in [6, 6.07) is 3.31. The molecule has 0 aromatic carbocycles. The normalized spacial score (nSPS) is 9.83. The van der Waals surface area contributed by atoms with E-state index in [4.69, 9.17) is 5.26 Å². The average Bonchev–Trinajstić information content (AvgIpc) is 2.03. The van der Waals surface area contributed by atoms with Crippen molar-refractivity contribution in [2.24, 2.45) is 0 Å². The quantitative estimate of drug-likeness (QED) is 0.688. The van der Waals surface area contributed by atoms with Crippen LogP contribution >= 0.6 is 0 Å². The third-order valence-corrected chi connectivity index (χ3v) is 1.22. The van der Waals surface area contributed by atoms with Crippen LogP contribution in [0.3, 0.4) is 0 Å². The Balaban J connectivity index is 3.27. The summed E-state index contributed by atoms with van der Waals surface area (Å²) < 4.78 is 24.0. The molecule has 0 saturated carbocycles. The number of hydrogen-bond acceptors (Lipinski definition) is 2. The van der Waals surface area contributed by atoms with Gasteiger partial charge in [0, 0.05) is 12.1 Å². The highest BCUT2D eigenvalue weighted by molar-refractivity contribution is 5.22. The van der Waals surface area contributed by atoms with Gasteiger partial charge in [-0.3, -0.25) is 4.79 Å². The van der Waals surface area contributed by atoms with Crippen LogP contribution in [0.25, 0.3) is 0 Å². The van der Waals surface area contributed by atoms with Crippen LogP contribution in [0.2, 0.25) is 0 Å². The van der Waals surface area contributed by atoms with Crippen LogP contribution in [0.5, 0.6) is 0 Å². The predicted molar refractivity (Wildman–Crippen MR) is 36.7 cm³/mol. The first-order valence-corrected chi connectivity index (χ1v) is 3.06. The summed E-state index contributed by atoms with van der Waals surface area (Å²) in [5.74, 6) is 0. The zero-order chi connectivity index (χ0) is 9.14. The van der Waals surface area contributed by atoms with E-state index in [1.165, 1.54) is 0 Å². The van der Waals surface area contributed by atoms with Crippen molar-refractivity contribution in [2.45, 2.75) is 6.43 Å². The summed E-state index contributed by atoms with van der Waals surface area (Å²) >= 11 is 0. The molecule has 0 bridgehead atoms. The maximum Gasteiger partial charge on any atom is 0.278 e. The number of pyridine rings is 1. The first kappa shape index (κ1) is 8.40. The summed E-state index contributed by atoms with van der Waals surface area (Å²) in [6.07, 6.45) is -2.76. The molecular weight excluding hydrogens is 166 g/mol. The van der Waals surface area contributed by atoms with E-state index < -0.39 is 17.5 Å². The molecule has 0 amide bonds. The van der Waals surface area contributed by atoms with E-state index in [-0.39, 0.29) is 5.69 Å². The van der Waals surface area contributed by atoms with Crippen LogP contribution in [-0.4, -0.2) is 4.98 Å². The van der Waals surface area contributed by atoms with Crippen LogP contribution < -0.4 is 5.43 Å². The molecule has 3 nitrogen and oxygen atoms in total. The van der Waals surface area contributed by atoms with E-state index in [0.717, 1.165) is 12.1 Å². The standard InChI is InChI=1S/C7H4F2N2O/c8-7(9)6-2-5(12)1-4(3-10)11-6/h1-2,7H,(H,11,12). The van der Waals surface area contributed by atoms with Crippen LogP contribution in [0.1, 0.15) is 17.8 Å². The molecule has 62 valence electrons. The number of rotatable bonds is 1. The number of halogens is 2. The number of aromatic nitrogens is 1. The van der Waals surface area contributed by atoms with Gasteiger partial charge >= 0.3 is 0 Å². The Bertz CT molecular complexity index is 378. The van der Waals surface area contributed by atoms with Gasteiger partial charge in [0.05, 0.1) is 5.69 Å². The van der Waals surface area contributed by atoms with Crippen molar-refractivity contribution in [1.82, 2.24) is 4.98 Å². The molecule has 1 aromatic heterocycles. The molecule has 0 aliphatic rings. The van der Waals surface area contributed by atoms with Crippen molar-refractivity contribution < 1.29 is 8.78 Å². The first-order chi connectivity index (χ1) is 5.63. The van der Waals surface area contributed by atoms with Gasteiger partial charge in [-0.25, -0.2) is 8.78 Å². The van der Waals surface area contributed by atoms with E-state index >= 15 is 0 Å². The third kappa shape index (κ3) is 1.66. The minimum absolute atomic E-state index is 0.155. The van der Waals surface area contributed by atoms with Gasteiger partial charge < -0.3 is 4.98 Å². The van der Waals surface area contributed by atoms with E-state index in [0.29, 0.717) is 0 Å². The molecule has 0 aliphatic heterocycles. The number of alkyl halides is 2. The molecule has 1 rings (SSSR count). The van der Waals surface area contributed by atoms with Crippen molar-refractivity contribution in [1.29, 1.82) is 5.26 Å². The third-order valence-electron chi connectivity index (χ3n) is 1.22. The van der Waals surface area contributed by atoms with Crippen molar-refractivity contribution in [3.05, 3.63) is 33.7 Å². The molecule has 0 spiro atoms. The number of nitriles is 1. The second-order valence-electron chi connectivity index (χ2n) is 2.10. The Morgan fingerprint density at radius 3 is 2.67 bits per heavy atom. The molecule has 0 atom stereocenters. The minimum Gasteiger partial charge on any atom is -0.345 e. The smallest absolute Gasteiger partial charge is 0.278 e. The van der Waals surface area contributed by atoms with E-state index in [9.17, 15) is 13.6 Å². The fraction of sp³-hybridized carbons (Fsp3) is 0.143. The molecular formula is C7H4F2N2O. The highest BCUT2D eigenvalue weighted by atomic mass is 19.3. The molecule has 0 radical (unpaired) electrons. The van der Waals surface area contributed by atoms with Crippen LogP contribution in [-0.2, 0) is 0 Å². The van der Waals surface area contributed by atoms with Gasteiger partial charge in [-0.1, -0.05) is 0 Å². The maximum atomic E-state index is 12.0. The molecule has 0 unspecified atom stereocenters. The largest absolute Gasteiger partial charge is 0.345 e. The molecule has 12 heavy (non-hydrogen) atoms. The van der Waals surface area contributed by atoms with Crippen molar-refractivity contribution in [3.8, 4) is 6.07 Å². The van der Waals surface area contributed by atoms with Gasteiger partial charge in [0.1, 0.15) is 11.8 Å². The number of nitrogens with zero attached hydrogens (tertiary/aromatic N) is 1. The molecule has 0 aliphatic carbocycles. The topological polar surface area (TPSA) is 56.6 Å². The number of hydrogen-bond donors (Lipinski definition) is 1. The van der Waals surface area contributed by atoms with Gasteiger partial charge in [0.2, 0.25) is 0 Å². The molecule has 1 heterocycles. The fourth-order valence-corrected chi connectivity index (χ4v) is 0.743. The SMILES string of the molecule is N#Cc1cc(=O)cc(C(F)F)[nH]1. The van der Waals surface area contributed by atoms with Crippen molar-refractivity contribution in [2.75, 3.05) is 0 Å². The van der Waals surface area contributed by atoms with E-state index in [1.807, 2.05) is 0 Å². The zero-order valence-electron chi connectivity index (χ0n) is 5.84. The Morgan fingerprint density at radius 2 is 2.17 bits per heavy atom. The average molecular weight is 170 g/mol. The molecule has 0 saturated heterocycles. The zero-order valence-corrected chi connectivity index (χ0v) is 5.84. The summed E-state index contributed by atoms with van der Waals surface area (Å²) in [5.41, 5.74) is -1.28. The molecule has 5 heteroatoms. The Hall–Kier alpha value is -1.70. The highest BCUT2D eigenvalue weighted by Crippen LogP contribution is 2.13. The predicted octanol–water partition coefficient (Wildman–Crippen LogP) is 1.18. The molecule has 0 fully saturated rings. The van der Waals surface area contributed by atoms with Gasteiger partial charge in [-0.2, -0.15) is 5.26 Å². The number of nitrogens with one attached hydrogen (secondary N) is 1. The lowest BCUT2D eigenvalue weighted by Gasteiger charge is -1.98. The second kappa shape index (κ2) is 3.13. The lowest BCUT2D eigenvalue weighted by Crippen LogP contribution is -2.04. The van der Waals surface area contributed by atoms with E-state index in [1.54, 1.807) is 6.07 Å². The lowest BCUT2D eigenvalue weighted by molar-refractivity contribution is 0.146. The van der Waals surface area contributed by atoms with Gasteiger partial charge in [-0.05, 0) is 0 Å². The summed E-state index contributed by atoms with van der Waals surface area (Å²) in [4.78, 5) is 12.8. The van der Waals surface area contributed by atoms with Crippen molar-refractivity contribution >= 4 is 0 Å². The number of H-pyrrole nitrogens is 1. The van der Waals surface area contributed by atoms with Crippen LogP contribution in [0.15, 0.2) is 16.9 Å². The summed E-state index contributed by atoms with van der Waals surface area (Å²) in [7, 11) is 0. The number of aromatic amines is 1. The Kier molecular flexibility index (Phi) is 2.19. The molecule has 1 N–H and O–H groups in total. The van der Waals surface area contributed by atoms with Gasteiger partial charge in [-0.15, -0.1) is 0 Å². The van der Waals surface area contributed by atoms with Crippen LogP contribution in [0.4, 0.5) is 8.78 Å². The molecule has 1 aromatic rings. The highest BCUT2D eigenvalue weighted by Gasteiger charge is 2.08. The summed E-state index contributed by atoms with van der Waals surface area (Å²) in [6.45, 7) is 0. The van der Waals surface area contributed by atoms with Crippen molar-refractivity contribution in [3.63, 3.8) is 0 Å². The Labute approximate surface area is 66.3 Å². The fourth-order valence-electron chi connectivity index (χ4n) is 0.743. The Morgan fingerprint density at radius 1 is 1.50 bits per heavy atom.